The number of piperidine rings is 1. The highest BCUT2D eigenvalue weighted by atomic mass is 19.4. The number of hydrogen-bond donors (Lipinski definition) is 1. The van der Waals surface area contributed by atoms with Crippen LogP contribution in [0, 0.1) is 23.7 Å². The summed E-state index contributed by atoms with van der Waals surface area (Å²) in [6, 6.07) is 6.20. The zero-order valence-electron chi connectivity index (χ0n) is 15.6. The number of benzene rings is 1. The van der Waals surface area contributed by atoms with Crippen LogP contribution < -0.4 is 10.1 Å². The Hall–Kier alpha value is -1.27. The molecule has 0 radical (unpaired) electrons. The van der Waals surface area contributed by atoms with Crippen molar-refractivity contribution >= 4 is 0 Å². The van der Waals surface area contributed by atoms with Gasteiger partial charge in [-0.2, -0.15) is 0 Å². The lowest BCUT2D eigenvalue weighted by molar-refractivity contribution is -0.274. The van der Waals surface area contributed by atoms with Gasteiger partial charge in [0.05, 0.1) is 0 Å². The van der Waals surface area contributed by atoms with Crippen LogP contribution in [-0.2, 0) is 6.54 Å². The van der Waals surface area contributed by atoms with Gasteiger partial charge in [-0.3, -0.25) is 0 Å². The Kier molecular flexibility index (Phi) is 6.13. The first-order chi connectivity index (χ1) is 12.4. The number of halogens is 3. The molecule has 1 aromatic rings. The monoisotopic (exact) mass is 370 g/mol. The summed E-state index contributed by atoms with van der Waals surface area (Å²) < 4.78 is 40.8. The Labute approximate surface area is 153 Å². The molecule has 0 aromatic heterocycles. The van der Waals surface area contributed by atoms with E-state index in [-0.39, 0.29) is 5.75 Å². The van der Waals surface area contributed by atoms with Crippen molar-refractivity contribution in [3.63, 3.8) is 0 Å². The number of nitrogens with zero attached hydrogens (tertiary/aromatic N) is 1. The smallest absolute Gasteiger partial charge is 0.406 e. The third-order valence-corrected chi connectivity index (χ3v) is 5.96. The van der Waals surface area contributed by atoms with Crippen molar-refractivity contribution in [3.05, 3.63) is 29.8 Å². The van der Waals surface area contributed by atoms with E-state index in [0.29, 0.717) is 6.54 Å². The van der Waals surface area contributed by atoms with E-state index in [0.717, 1.165) is 35.8 Å². The second kappa shape index (κ2) is 8.17. The first-order valence-electron chi connectivity index (χ1n) is 9.67. The van der Waals surface area contributed by atoms with E-state index >= 15 is 0 Å². The zero-order chi connectivity index (χ0) is 18.7. The fourth-order valence-corrected chi connectivity index (χ4v) is 4.34. The summed E-state index contributed by atoms with van der Waals surface area (Å²) in [6.07, 6.45) is -2.13. The maximum absolute atomic E-state index is 12.3. The van der Waals surface area contributed by atoms with Gasteiger partial charge in [-0.25, -0.2) is 0 Å². The van der Waals surface area contributed by atoms with Gasteiger partial charge in [-0.05, 0) is 47.9 Å². The van der Waals surface area contributed by atoms with Crippen LogP contribution in [-0.4, -0.2) is 37.4 Å². The highest BCUT2D eigenvalue weighted by molar-refractivity contribution is 5.28. The first kappa shape index (κ1) is 19.5. The molecule has 1 aliphatic heterocycles. The first-order valence-corrected chi connectivity index (χ1v) is 9.67. The molecule has 1 heterocycles. The van der Waals surface area contributed by atoms with Crippen molar-refractivity contribution in [2.24, 2.45) is 23.7 Å². The fraction of sp³-hybridized carbons (Fsp3) is 0.700. The highest BCUT2D eigenvalue weighted by Gasteiger charge is 2.54. The summed E-state index contributed by atoms with van der Waals surface area (Å²) in [5.41, 5.74) is 0.813. The van der Waals surface area contributed by atoms with Crippen LogP contribution in [0.1, 0.15) is 32.3 Å². The Bertz CT molecular complexity index is 577. The number of alkyl halides is 3. The average molecular weight is 370 g/mol. The number of likely N-dealkylation sites (tertiary alicyclic amines) is 1. The molecule has 2 fully saturated rings. The van der Waals surface area contributed by atoms with Gasteiger partial charge in [0.1, 0.15) is 5.75 Å². The molecule has 1 aliphatic carbocycles. The van der Waals surface area contributed by atoms with Gasteiger partial charge >= 0.3 is 6.36 Å². The lowest BCUT2D eigenvalue weighted by Gasteiger charge is -2.24. The molecule has 2 atom stereocenters. The van der Waals surface area contributed by atoms with Gasteiger partial charge in [-0.1, -0.05) is 38.8 Å². The molecule has 146 valence electrons. The summed E-state index contributed by atoms with van der Waals surface area (Å²) in [6.45, 7) is 9.71. The molecule has 3 rings (SSSR count). The number of nitrogens with one attached hydrogen (secondary N) is 1. The van der Waals surface area contributed by atoms with Crippen molar-refractivity contribution in [2.75, 3.05) is 26.2 Å². The number of hydrogen-bond acceptors (Lipinski definition) is 3. The molecule has 6 heteroatoms. The predicted octanol–water partition coefficient (Wildman–Crippen LogP) is 4.29. The molecule has 1 saturated heterocycles. The van der Waals surface area contributed by atoms with Gasteiger partial charge in [0.15, 0.2) is 0 Å². The van der Waals surface area contributed by atoms with Gasteiger partial charge in [0, 0.05) is 26.2 Å². The lowest BCUT2D eigenvalue weighted by atomic mass is 10.0. The number of ether oxygens (including phenoxy) is 1. The van der Waals surface area contributed by atoms with E-state index in [1.54, 1.807) is 6.07 Å². The minimum absolute atomic E-state index is 0.155. The maximum Gasteiger partial charge on any atom is 0.573 e. The predicted molar refractivity (Wildman–Crippen MR) is 95.8 cm³/mol. The topological polar surface area (TPSA) is 24.5 Å². The molecule has 0 amide bonds. The molecule has 1 saturated carbocycles. The Morgan fingerprint density at radius 1 is 1.19 bits per heavy atom. The van der Waals surface area contributed by atoms with Crippen LogP contribution in [0.5, 0.6) is 5.75 Å². The highest BCUT2D eigenvalue weighted by Crippen LogP contribution is 2.51. The average Bonchev–Trinajstić information content (AvgIpc) is 3.03. The summed E-state index contributed by atoms with van der Waals surface area (Å²) in [4.78, 5) is 2.61. The van der Waals surface area contributed by atoms with E-state index in [9.17, 15) is 13.2 Å². The van der Waals surface area contributed by atoms with Crippen LogP contribution in [0.3, 0.4) is 0 Å². The van der Waals surface area contributed by atoms with Crippen molar-refractivity contribution in [2.45, 2.75) is 39.6 Å². The second-order valence-corrected chi connectivity index (χ2v) is 7.72. The Morgan fingerprint density at radius 2 is 1.88 bits per heavy atom. The van der Waals surface area contributed by atoms with Crippen LogP contribution in [0.2, 0.25) is 0 Å². The third-order valence-electron chi connectivity index (χ3n) is 5.96. The normalized spacial score (nSPS) is 25.5. The third kappa shape index (κ3) is 5.13. The quantitative estimate of drug-likeness (QED) is 0.702. The molecular weight excluding hydrogens is 341 g/mol. The molecule has 1 aromatic carbocycles. The molecule has 2 aliphatic rings. The second-order valence-electron chi connectivity index (χ2n) is 7.72. The standard InChI is InChI=1S/C20H29F3N2O/c1-3-14(4-2)11-25-12-18-17(19(18)13-25)10-24-9-15-6-5-7-16(8-15)26-20(21,22)23/h5-8,14,17-19,24H,3-4,9-13H2,1-2H3. The van der Waals surface area contributed by atoms with Crippen molar-refractivity contribution in [1.29, 1.82) is 0 Å². The van der Waals surface area contributed by atoms with Gasteiger partial charge in [0.25, 0.3) is 0 Å². The van der Waals surface area contributed by atoms with Crippen LogP contribution in [0.4, 0.5) is 13.2 Å². The summed E-state index contributed by atoms with van der Waals surface area (Å²) >= 11 is 0. The van der Waals surface area contributed by atoms with Gasteiger partial charge in [-0.15, -0.1) is 13.2 Å². The molecule has 0 bridgehead atoms. The van der Waals surface area contributed by atoms with Crippen LogP contribution in [0.25, 0.3) is 0 Å². The van der Waals surface area contributed by atoms with Crippen molar-refractivity contribution in [1.82, 2.24) is 10.2 Å². The lowest BCUT2D eigenvalue weighted by Crippen LogP contribution is -2.31. The number of fused-ring (bicyclic) bond motifs is 1. The Morgan fingerprint density at radius 3 is 2.50 bits per heavy atom. The molecule has 1 N–H and O–H groups in total. The molecular formula is C20H29F3N2O. The minimum atomic E-state index is -4.64. The van der Waals surface area contributed by atoms with Crippen LogP contribution in [0.15, 0.2) is 24.3 Å². The number of rotatable bonds is 9. The van der Waals surface area contributed by atoms with E-state index in [2.05, 4.69) is 28.8 Å². The minimum Gasteiger partial charge on any atom is -0.406 e. The summed E-state index contributed by atoms with van der Waals surface area (Å²) in [5, 5.41) is 3.40. The largest absolute Gasteiger partial charge is 0.573 e. The van der Waals surface area contributed by atoms with Gasteiger partial charge in [0.2, 0.25) is 0 Å². The van der Waals surface area contributed by atoms with E-state index in [4.69, 9.17) is 0 Å². The van der Waals surface area contributed by atoms with E-state index < -0.39 is 6.36 Å². The molecule has 2 unspecified atom stereocenters. The van der Waals surface area contributed by atoms with Gasteiger partial charge < -0.3 is 15.0 Å². The Balaban J connectivity index is 1.37. The van der Waals surface area contributed by atoms with E-state index in [1.165, 1.54) is 44.6 Å². The van der Waals surface area contributed by atoms with Crippen molar-refractivity contribution in [3.8, 4) is 5.75 Å². The summed E-state index contributed by atoms with van der Waals surface area (Å²) in [5.74, 6) is 2.99. The fourth-order valence-electron chi connectivity index (χ4n) is 4.34. The summed E-state index contributed by atoms with van der Waals surface area (Å²) in [7, 11) is 0. The van der Waals surface area contributed by atoms with Crippen molar-refractivity contribution < 1.29 is 17.9 Å². The molecule has 3 nitrogen and oxygen atoms in total. The molecule has 0 spiro atoms. The van der Waals surface area contributed by atoms with E-state index in [1.807, 2.05) is 6.07 Å². The SMILES string of the molecule is CCC(CC)CN1CC2C(CNCc3cccc(OC(F)(F)F)c3)C2C1. The zero-order valence-corrected chi connectivity index (χ0v) is 15.6. The maximum atomic E-state index is 12.3. The molecule has 26 heavy (non-hydrogen) atoms. The van der Waals surface area contributed by atoms with Crippen LogP contribution >= 0.6 is 0 Å².